The predicted octanol–water partition coefficient (Wildman–Crippen LogP) is 24.6. The summed E-state index contributed by atoms with van der Waals surface area (Å²) in [4.78, 5) is 4.91. The van der Waals surface area contributed by atoms with E-state index < -0.39 is 10.8 Å². The third kappa shape index (κ3) is 6.73. The molecule has 15 aromatic carbocycles. The highest BCUT2D eigenvalue weighted by molar-refractivity contribution is 6.23. The molecule has 0 radical (unpaired) electrons. The first-order valence-electron chi connectivity index (χ1n) is 34.7. The Hall–Kier alpha value is -12.9. The van der Waals surface area contributed by atoms with E-state index in [2.05, 4.69) is 348 Å². The molecule has 0 fully saturated rings. The van der Waals surface area contributed by atoms with Gasteiger partial charge in [0, 0.05) is 65.8 Å². The predicted molar refractivity (Wildman–Crippen MR) is 410 cm³/mol. The molecule has 4 aromatic heterocycles. The summed E-state index contributed by atoms with van der Waals surface area (Å²) in [6.07, 6.45) is 0. The molecule has 6 heteroatoms. The Kier molecular flexibility index (Phi) is 10.5. The van der Waals surface area contributed by atoms with Crippen molar-refractivity contribution in [3.8, 4) is 33.6 Å². The van der Waals surface area contributed by atoms with Crippen molar-refractivity contribution in [3.05, 3.63) is 371 Å². The van der Waals surface area contributed by atoms with Gasteiger partial charge >= 0.3 is 0 Å². The average molecular weight is 1280 g/mol. The first-order chi connectivity index (χ1) is 49.4. The fraction of sp³-hybridized carbons (Fsp3) is 0.0426. The van der Waals surface area contributed by atoms with Crippen molar-refractivity contribution in [2.75, 3.05) is 9.80 Å². The molecular formula is C94H58N4O2. The van der Waals surface area contributed by atoms with E-state index in [0.717, 1.165) is 89.0 Å². The van der Waals surface area contributed by atoms with Gasteiger partial charge in [-0.3, -0.25) is 0 Å². The lowest BCUT2D eigenvalue weighted by Crippen LogP contribution is -2.33. The third-order valence-electron chi connectivity index (χ3n) is 22.9. The summed E-state index contributed by atoms with van der Waals surface area (Å²) in [6.45, 7) is 4.51. The van der Waals surface area contributed by atoms with Crippen LogP contribution in [0.15, 0.2) is 324 Å². The van der Waals surface area contributed by atoms with Crippen molar-refractivity contribution in [1.29, 1.82) is 0 Å². The molecule has 2 aliphatic heterocycles. The zero-order valence-corrected chi connectivity index (χ0v) is 54.6. The maximum absolute atomic E-state index is 7.06. The zero-order chi connectivity index (χ0) is 65.4. The Balaban J connectivity index is 0.911. The van der Waals surface area contributed by atoms with Crippen molar-refractivity contribution in [3.63, 3.8) is 0 Å². The number of fused-ring (bicyclic) bond motifs is 30. The summed E-state index contributed by atoms with van der Waals surface area (Å²) in [7, 11) is 0. The van der Waals surface area contributed by atoms with Gasteiger partial charge < -0.3 is 27.8 Å². The smallest absolute Gasteiger partial charge is 0.159 e. The number of hydrogen-bond acceptors (Lipinski definition) is 4. The summed E-state index contributed by atoms with van der Waals surface area (Å²) in [5.41, 5.74) is 32.5. The molecule has 0 atom stereocenters. The quantitative estimate of drug-likeness (QED) is 0.166. The van der Waals surface area contributed by atoms with Crippen molar-refractivity contribution >= 4 is 122 Å². The van der Waals surface area contributed by atoms with E-state index in [9.17, 15) is 0 Å². The molecule has 6 nitrogen and oxygen atoms in total. The first-order valence-corrected chi connectivity index (χ1v) is 34.7. The van der Waals surface area contributed by atoms with Crippen LogP contribution >= 0.6 is 0 Å². The number of para-hydroxylation sites is 6. The summed E-state index contributed by atoms with van der Waals surface area (Å²) in [6, 6.07) is 118. The number of nitrogens with zero attached hydrogens (tertiary/aromatic N) is 4. The van der Waals surface area contributed by atoms with Gasteiger partial charge in [0.15, 0.2) is 11.2 Å². The van der Waals surface area contributed by atoms with Crippen LogP contribution in [0, 0.1) is 13.8 Å². The number of rotatable bonds is 6. The summed E-state index contributed by atoms with van der Waals surface area (Å²) < 4.78 is 19.4. The van der Waals surface area contributed by atoms with Gasteiger partial charge in [-0.2, -0.15) is 0 Å². The monoisotopic (exact) mass is 1270 g/mol. The molecular weight excluding hydrogens is 1220 g/mol. The van der Waals surface area contributed by atoms with Crippen LogP contribution in [0.25, 0.3) is 121 Å². The summed E-state index contributed by atoms with van der Waals surface area (Å²) in [5, 5.41) is 9.00. The molecule has 23 rings (SSSR count). The second kappa shape index (κ2) is 19.4. The Morgan fingerprint density at radius 1 is 0.260 bits per heavy atom. The Morgan fingerprint density at radius 2 is 0.620 bits per heavy atom. The van der Waals surface area contributed by atoms with Gasteiger partial charge in [-0.15, -0.1) is 0 Å². The normalized spacial score (nSPS) is 13.9. The van der Waals surface area contributed by atoms with Crippen LogP contribution in [-0.4, -0.2) is 9.13 Å². The van der Waals surface area contributed by atoms with Crippen LogP contribution < -0.4 is 9.80 Å². The lowest BCUT2D eigenvalue weighted by atomic mass is 9.65. The lowest BCUT2D eigenvalue weighted by Gasteiger charge is -2.40. The number of aryl methyl sites for hydroxylation is 2. The van der Waals surface area contributed by atoms with Crippen LogP contribution in [0.5, 0.6) is 0 Å². The fourth-order valence-corrected chi connectivity index (χ4v) is 19.1. The largest absolute Gasteiger partial charge is 0.454 e. The van der Waals surface area contributed by atoms with Crippen LogP contribution in [-0.2, 0) is 10.8 Å². The zero-order valence-electron chi connectivity index (χ0n) is 54.6. The Bertz CT molecular complexity index is 6340. The van der Waals surface area contributed by atoms with Crippen molar-refractivity contribution < 1.29 is 8.83 Å². The van der Waals surface area contributed by atoms with E-state index >= 15 is 0 Å². The molecule has 4 aliphatic rings. The van der Waals surface area contributed by atoms with Gasteiger partial charge in [-0.25, -0.2) is 0 Å². The molecule has 0 saturated carbocycles. The second-order valence-electron chi connectivity index (χ2n) is 27.9. The standard InChI is InChI=1S/C94H58N4O2/c1-55-43-45-77-85(47-55)97-83-53-70-72-50-60(96(58-25-7-4-8-26-58)82-40-22-34-68-66-32-14-20-42-88(66)100-92(68)82)52-80-90(72)98(86-48-56(2)44-46-78(86)94(80)75-37-17-11-29-63(75)64-30-12-18-38-76(64)94)84(70)54-69(83)71-49-59(51-79(89(71)97)93(77)73-35-15-9-27-61(73)62-28-10-16-36-74(62)93)95(57-23-5-3-6-24-57)81-39-21-33-67-65-31-13-19-41-87(65)99-91(67)81/h3-54H,1-2H3. The SMILES string of the molecule is Cc1ccc2c(c1)-n1c3cc4c5cc(N(c6ccccc6)c6cccc7c6oc6ccccc67)cc6c5n(c4cc3c3cc(N(c4ccccc4)c4cccc5c4oc4ccccc45)cc(c31)C21c2ccccc2-c2ccccc21)-c1cc(C)ccc1C61c2ccccc2-c2ccccc21. The number of aromatic nitrogens is 2. The number of furan rings is 2. The van der Waals surface area contributed by atoms with Crippen molar-refractivity contribution in [1.82, 2.24) is 9.13 Å². The van der Waals surface area contributed by atoms with Crippen LogP contribution in [0.2, 0.25) is 0 Å². The van der Waals surface area contributed by atoms with E-state index in [4.69, 9.17) is 8.83 Å². The maximum Gasteiger partial charge on any atom is 0.159 e. The van der Waals surface area contributed by atoms with Gasteiger partial charge in [-0.05, 0) is 189 Å². The Labute approximate surface area is 575 Å². The number of anilines is 6. The average Bonchev–Trinajstić information content (AvgIpc) is 1.47. The van der Waals surface area contributed by atoms with Gasteiger partial charge in [0.2, 0.25) is 0 Å². The van der Waals surface area contributed by atoms with E-state index in [0.29, 0.717) is 0 Å². The molecule has 0 saturated heterocycles. The van der Waals surface area contributed by atoms with Crippen LogP contribution in [0.1, 0.15) is 55.6 Å². The first kappa shape index (κ1) is 54.2. The summed E-state index contributed by atoms with van der Waals surface area (Å²) in [5.74, 6) is 0. The molecule has 0 N–H and O–H groups in total. The molecule has 2 spiro atoms. The molecule has 466 valence electrons. The van der Waals surface area contributed by atoms with Gasteiger partial charge in [0.1, 0.15) is 11.2 Å². The highest BCUT2D eigenvalue weighted by atomic mass is 16.3. The molecule has 0 unspecified atom stereocenters. The molecule has 100 heavy (non-hydrogen) atoms. The molecule has 0 bridgehead atoms. The molecule has 19 aromatic rings. The molecule has 6 heterocycles. The van der Waals surface area contributed by atoms with Gasteiger partial charge in [-0.1, -0.05) is 218 Å². The molecule has 0 amide bonds. The minimum absolute atomic E-state index is 0.725. The molecule has 2 aliphatic carbocycles. The Morgan fingerprint density at radius 3 is 1.03 bits per heavy atom. The van der Waals surface area contributed by atoms with E-state index in [1.165, 1.54) is 122 Å². The van der Waals surface area contributed by atoms with Gasteiger partial charge in [0.05, 0.1) is 55.6 Å². The van der Waals surface area contributed by atoms with E-state index in [-0.39, 0.29) is 0 Å². The minimum atomic E-state index is -0.725. The van der Waals surface area contributed by atoms with Crippen molar-refractivity contribution in [2.24, 2.45) is 0 Å². The number of hydrogen-bond donors (Lipinski definition) is 0. The van der Waals surface area contributed by atoms with E-state index in [1.54, 1.807) is 0 Å². The fourth-order valence-electron chi connectivity index (χ4n) is 19.1. The lowest BCUT2D eigenvalue weighted by molar-refractivity contribution is 0.668. The topological polar surface area (TPSA) is 42.6 Å². The minimum Gasteiger partial charge on any atom is -0.454 e. The van der Waals surface area contributed by atoms with Crippen molar-refractivity contribution in [2.45, 2.75) is 24.7 Å². The van der Waals surface area contributed by atoms with Crippen LogP contribution in [0.4, 0.5) is 34.1 Å². The second-order valence-corrected chi connectivity index (χ2v) is 27.9. The van der Waals surface area contributed by atoms with Gasteiger partial charge in [0.25, 0.3) is 0 Å². The maximum atomic E-state index is 7.06. The summed E-state index contributed by atoms with van der Waals surface area (Å²) >= 11 is 0. The highest BCUT2D eigenvalue weighted by Crippen LogP contribution is 2.65. The third-order valence-corrected chi connectivity index (χ3v) is 22.9. The number of benzene rings is 15. The highest BCUT2D eigenvalue weighted by Gasteiger charge is 2.54. The van der Waals surface area contributed by atoms with E-state index in [1.807, 2.05) is 0 Å². The van der Waals surface area contributed by atoms with Crippen LogP contribution in [0.3, 0.4) is 0 Å².